The van der Waals surface area contributed by atoms with Crippen LogP contribution >= 0.6 is 12.0 Å². The number of aliphatic carboxylic acids is 1. The Morgan fingerprint density at radius 3 is 2.48 bits per heavy atom. The minimum Gasteiger partial charge on any atom is -0.481 e. The Bertz CT molecular complexity index is 608. The van der Waals surface area contributed by atoms with E-state index < -0.39 is 11.9 Å². The van der Waals surface area contributed by atoms with Crippen LogP contribution in [0.25, 0.3) is 0 Å². The van der Waals surface area contributed by atoms with Crippen LogP contribution < -0.4 is 4.18 Å². The highest BCUT2D eigenvalue weighted by atomic mass is 32.2. The van der Waals surface area contributed by atoms with Crippen molar-refractivity contribution >= 4 is 18.0 Å². The molecular weight excluding hydrogens is 284 g/mol. The molecule has 0 saturated carbocycles. The highest BCUT2D eigenvalue weighted by Gasteiger charge is 2.13. The summed E-state index contributed by atoms with van der Waals surface area (Å²) in [6.07, 6.45) is 0.960. The Labute approximate surface area is 129 Å². The van der Waals surface area contributed by atoms with Gasteiger partial charge in [-0.25, -0.2) is 0 Å². The number of carboxylic acid groups (broad SMARTS) is 1. The second kappa shape index (κ2) is 7.18. The minimum atomic E-state index is -0.824. The number of aryl methyl sites for hydroxylation is 1. The van der Waals surface area contributed by atoms with Crippen LogP contribution in [0, 0.1) is 0 Å². The van der Waals surface area contributed by atoms with Gasteiger partial charge in [0, 0.05) is 0 Å². The molecule has 2 aromatic carbocycles. The normalized spacial score (nSPS) is 11.9. The van der Waals surface area contributed by atoms with E-state index >= 15 is 0 Å². The first-order valence-electron chi connectivity index (χ1n) is 6.87. The van der Waals surface area contributed by atoms with Crippen LogP contribution in [0.5, 0.6) is 5.75 Å². The van der Waals surface area contributed by atoms with Gasteiger partial charge in [-0.2, -0.15) is 0 Å². The second-order valence-electron chi connectivity index (χ2n) is 4.76. The first kappa shape index (κ1) is 15.4. The number of benzene rings is 2. The van der Waals surface area contributed by atoms with Gasteiger partial charge in [-0.3, -0.25) is 4.79 Å². The van der Waals surface area contributed by atoms with E-state index in [1.165, 1.54) is 17.6 Å². The minimum absolute atomic E-state index is 0.507. The summed E-state index contributed by atoms with van der Waals surface area (Å²) in [5, 5.41) is 8.98. The summed E-state index contributed by atoms with van der Waals surface area (Å²) < 4.78 is 5.70. The van der Waals surface area contributed by atoms with Crippen molar-refractivity contribution in [1.29, 1.82) is 0 Å². The number of carbonyl (C=O) groups is 1. The van der Waals surface area contributed by atoms with Gasteiger partial charge in [-0.05, 0) is 42.7 Å². The Kier molecular flexibility index (Phi) is 5.28. The molecule has 2 rings (SSSR count). The molecule has 0 radical (unpaired) electrons. The van der Waals surface area contributed by atoms with E-state index in [0.29, 0.717) is 5.75 Å². The fourth-order valence-electron chi connectivity index (χ4n) is 1.92. The highest BCUT2D eigenvalue weighted by Crippen LogP contribution is 2.27. The molecule has 1 atom stereocenters. The lowest BCUT2D eigenvalue weighted by Crippen LogP contribution is -2.06. The van der Waals surface area contributed by atoms with E-state index in [0.717, 1.165) is 16.9 Å². The molecule has 0 spiro atoms. The third kappa shape index (κ3) is 4.02. The van der Waals surface area contributed by atoms with Crippen LogP contribution in [-0.4, -0.2) is 11.1 Å². The van der Waals surface area contributed by atoms with Crippen LogP contribution in [0.2, 0.25) is 0 Å². The van der Waals surface area contributed by atoms with Crippen molar-refractivity contribution in [2.75, 3.05) is 0 Å². The van der Waals surface area contributed by atoms with Gasteiger partial charge in [0.15, 0.2) is 0 Å². The third-order valence-corrected chi connectivity index (χ3v) is 4.19. The predicted molar refractivity (Wildman–Crippen MR) is 84.8 cm³/mol. The lowest BCUT2D eigenvalue weighted by Gasteiger charge is -2.09. The van der Waals surface area contributed by atoms with E-state index in [9.17, 15) is 4.79 Å². The zero-order valence-corrected chi connectivity index (χ0v) is 12.9. The standard InChI is InChI=1S/C17H18O3S/c1-3-13-6-4-5-7-16(13)21-20-15-10-8-14(9-11-15)12(2)17(18)19/h4-12H,3H2,1-2H3,(H,18,19). The fraction of sp³-hybridized carbons (Fsp3) is 0.235. The van der Waals surface area contributed by atoms with E-state index in [1.807, 2.05) is 18.2 Å². The zero-order valence-electron chi connectivity index (χ0n) is 12.1. The smallest absolute Gasteiger partial charge is 0.310 e. The number of rotatable bonds is 6. The molecule has 0 aliphatic carbocycles. The molecule has 2 aromatic rings. The van der Waals surface area contributed by atoms with Crippen molar-refractivity contribution in [3.05, 3.63) is 59.7 Å². The Morgan fingerprint density at radius 2 is 1.86 bits per heavy atom. The van der Waals surface area contributed by atoms with E-state index in [2.05, 4.69) is 13.0 Å². The molecule has 0 bridgehead atoms. The van der Waals surface area contributed by atoms with E-state index in [4.69, 9.17) is 9.29 Å². The van der Waals surface area contributed by atoms with Gasteiger partial charge in [0.1, 0.15) is 5.75 Å². The summed E-state index contributed by atoms with van der Waals surface area (Å²) >= 11 is 1.33. The van der Waals surface area contributed by atoms with Crippen molar-refractivity contribution < 1.29 is 14.1 Å². The average Bonchev–Trinajstić information content (AvgIpc) is 2.52. The maximum absolute atomic E-state index is 10.9. The van der Waals surface area contributed by atoms with E-state index in [1.54, 1.807) is 31.2 Å². The molecule has 4 heteroatoms. The topological polar surface area (TPSA) is 46.5 Å². The van der Waals surface area contributed by atoms with Crippen molar-refractivity contribution in [2.45, 2.75) is 31.1 Å². The van der Waals surface area contributed by atoms with Crippen LogP contribution in [0.3, 0.4) is 0 Å². The van der Waals surface area contributed by atoms with Crippen LogP contribution in [0.4, 0.5) is 0 Å². The Balaban J connectivity index is 2.02. The molecule has 0 aromatic heterocycles. The van der Waals surface area contributed by atoms with Gasteiger partial charge < -0.3 is 9.29 Å². The first-order chi connectivity index (χ1) is 10.1. The SMILES string of the molecule is CCc1ccccc1SOc1ccc(C(C)C(=O)O)cc1. The monoisotopic (exact) mass is 302 g/mol. The maximum atomic E-state index is 10.9. The fourth-order valence-corrected chi connectivity index (χ4v) is 2.68. The maximum Gasteiger partial charge on any atom is 0.310 e. The third-order valence-electron chi connectivity index (χ3n) is 3.33. The molecule has 21 heavy (non-hydrogen) atoms. The Hall–Kier alpha value is -1.94. The summed E-state index contributed by atoms with van der Waals surface area (Å²) in [5.41, 5.74) is 2.02. The lowest BCUT2D eigenvalue weighted by atomic mass is 10.0. The molecule has 0 aliphatic heterocycles. The molecule has 1 unspecified atom stereocenters. The predicted octanol–water partition coefficient (Wildman–Crippen LogP) is 4.52. The van der Waals surface area contributed by atoms with Gasteiger partial charge in [0.2, 0.25) is 0 Å². The molecule has 3 nitrogen and oxygen atoms in total. The molecule has 0 saturated heterocycles. The van der Waals surface area contributed by atoms with Crippen LogP contribution in [0.15, 0.2) is 53.4 Å². The lowest BCUT2D eigenvalue weighted by molar-refractivity contribution is -0.138. The van der Waals surface area contributed by atoms with Gasteiger partial charge >= 0.3 is 5.97 Å². The van der Waals surface area contributed by atoms with Gasteiger partial charge in [0.25, 0.3) is 0 Å². The molecule has 0 heterocycles. The Morgan fingerprint density at radius 1 is 1.19 bits per heavy atom. The van der Waals surface area contributed by atoms with Gasteiger partial charge in [-0.1, -0.05) is 37.3 Å². The van der Waals surface area contributed by atoms with Gasteiger partial charge in [-0.15, -0.1) is 0 Å². The summed E-state index contributed by atoms with van der Waals surface area (Å²) in [6.45, 7) is 3.78. The second-order valence-corrected chi connectivity index (χ2v) is 5.53. The quantitative estimate of drug-likeness (QED) is 0.797. The van der Waals surface area contributed by atoms with Crippen LogP contribution in [-0.2, 0) is 11.2 Å². The van der Waals surface area contributed by atoms with Gasteiger partial charge in [0.05, 0.1) is 22.9 Å². The zero-order chi connectivity index (χ0) is 15.2. The summed E-state index contributed by atoms with van der Waals surface area (Å²) in [6, 6.07) is 15.3. The number of carboxylic acids is 1. The number of hydrogen-bond acceptors (Lipinski definition) is 3. The highest BCUT2D eigenvalue weighted by molar-refractivity contribution is 7.95. The first-order valence-corrected chi connectivity index (χ1v) is 7.61. The van der Waals surface area contributed by atoms with Crippen molar-refractivity contribution in [2.24, 2.45) is 0 Å². The average molecular weight is 302 g/mol. The summed E-state index contributed by atoms with van der Waals surface area (Å²) in [5.74, 6) is -0.616. The molecule has 0 aliphatic rings. The molecule has 0 amide bonds. The summed E-state index contributed by atoms with van der Waals surface area (Å²) in [7, 11) is 0. The molecule has 110 valence electrons. The van der Waals surface area contributed by atoms with Crippen molar-refractivity contribution in [3.8, 4) is 5.75 Å². The number of hydrogen-bond donors (Lipinski definition) is 1. The molecule has 1 N–H and O–H groups in total. The van der Waals surface area contributed by atoms with Crippen LogP contribution in [0.1, 0.15) is 30.9 Å². The van der Waals surface area contributed by atoms with Crippen molar-refractivity contribution in [1.82, 2.24) is 0 Å². The molecule has 0 fully saturated rings. The van der Waals surface area contributed by atoms with E-state index in [-0.39, 0.29) is 0 Å². The largest absolute Gasteiger partial charge is 0.481 e. The summed E-state index contributed by atoms with van der Waals surface area (Å²) in [4.78, 5) is 12.0. The molecular formula is C17H18O3S. The van der Waals surface area contributed by atoms with Crippen molar-refractivity contribution in [3.63, 3.8) is 0 Å².